The summed E-state index contributed by atoms with van der Waals surface area (Å²) in [6.45, 7) is 0. The number of nitrogens with zero attached hydrogens (tertiary/aromatic N) is 1. The average Bonchev–Trinajstić information content (AvgIpc) is 2.50. The van der Waals surface area contributed by atoms with Gasteiger partial charge in [-0.15, -0.1) is 0 Å². The molecular weight excluding hydrogens is 413 g/mol. The van der Waals surface area contributed by atoms with Gasteiger partial charge in [0.15, 0.2) is 0 Å². The lowest BCUT2D eigenvalue weighted by Gasteiger charge is -2.11. The van der Waals surface area contributed by atoms with Crippen molar-refractivity contribution >= 4 is 54.4 Å². The van der Waals surface area contributed by atoms with Crippen molar-refractivity contribution in [1.82, 2.24) is 4.98 Å². The average molecular weight is 426 g/mol. The molecule has 1 unspecified atom stereocenters. The maximum atomic E-state index is 6.04. The van der Waals surface area contributed by atoms with E-state index in [0.717, 1.165) is 27.1 Å². The van der Waals surface area contributed by atoms with Gasteiger partial charge in [-0.25, -0.2) is 0 Å². The Morgan fingerprint density at radius 2 is 1.86 bits per heavy atom. The minimum Gasteiger partial charge on any atom is -0.253 e. The van der Waals surface area contributed by atoms with Crippen LogP contribution < -0.4 is 0 Å². The molecule has 0 aliphatic rings. The van der Waals surface area contributed by atoms with E-state index in [9.17, 15) is 0 Å². The maximum absolute atomic E-state index is 6.04. The van der Waals surface area contributed by atoms with E-state index in [-0.39, 0.29) is 4.83 Å². The molecule has 1 atom stereocenters. The van der Waals surface area contributed by atoms with E-state index in [1.807, 2.05) is 36.4 Å². The fourth-order valence-corrected chi connectivity index (χ4v) is 3.36. The van der Waals surface area contributed by atoms with Gasteiger partial charge in [-0.2, -0.15) is 0 Å². The highest BCUT2D eigenvalue weighted by atomic mass is 79.9. The lowest BCUT2D eigenvalue weighted by molar-refractivity contribution is 0.912. The fraction of sp³-hybridized carbons (Fsp3) is 0.118. The Bertz CT molecular complexity index is 789. The molecule has 0 N–H and O–H groups in total. The van der Waals surface area contributed by atoms with Crippen molar-refractivity contribution in [3.05, 3.63) is 75.4 Å². The van der Waals surface area contributed by atoms with Gasteiger partial charge in [-0.05, 0) is 45.8 Å². The van der Waals surface area contributed by atoms with Gasteiger partial charge in [0.1, 0.15) is 0 Å². The second-order valence-corrected chi connectivity index (χ2v) is 7.21. The number of aromatic nitrogens is 1. The van der Waals surface area contributed by atoms with E-state index in [4.69, 9.17) is 16.6 Å². The molecule has 106 valence electrons. The molecule has 0 aliphatic carbocycles. The molecule has 0 radical (unpaired) electrons. The first-order valence-electron chi connectivity index (χ1n) is 6.57. The summed E-state index contributed by atoms with van der Waals surface area (Å²) in [5.41, 5.74) is 3.29. The Morgan fingerprint density at radius 1 is 1.05 bits per heavy atom. The number of para-hydroxylation sites is 1. The van der Waals surface area contributed by atoms with Crippen LogP contribution in [0, 0.1) is 0 Å². The number of pyridine rings is 1. The number of alkyl halides is 1. The molecule has 0 saturated carbocycles. The molecule has 1 aromatic heterocycles. The number of hydrogen-bond donors (Lipinski definition) is 0. The topological polar surface area (TPSA) is 12.9 Å². The number of rotatable bonds is 3. The Morgan fingerprint density at radius 3 is 2.67 bits per heavy atom. The highest BCUT2D eigenvalue weighted by molar-refractivity contribution is 9.10. The molecule has 21 heavy (non-hydrogen) atoms. The first-order valence-corrected chi connectivity index (χ1v) is 8.66. The van der Waals surface area contributed by atoms with Gasteiger partial charge < -0.3 is 0 Å². The van der Waals surface area contributed by atoms with Crippen LogP contribution in [0.25, 0.3) is 10.9 Å². The monoisotopic (exact) mass is 423 g/mol. The number of hydrogen-bond acceptors (Lipinski definition) is 1. The summed E-state index contributed by atoms with van der Waals surface area (Å²) < 4.78 is 0.914. The van der Waals surface area contributed by atoms with Crippen LogP contribution in [-0.4, -0.2) is 4.98 Å². The van der Waals surface area contributed by atoms with Crippen molar-refractivity contribution in [3.8, 4) is 0 Å². The standard InChI is InChI=1S/C17H12Br2ClN/c18-14(12-6-8-16(20)15(19)9-12)10-13-7-5-11-3-1-2-4-17(11)21-13/h1-9,14H,10H2. The van der Waals surface area contributed by atoms with E-state index < -0.39 is 0 Å². The van der Waals surface area contributed by atoms with Crippen LogP contribution in [0.2, 0.25) is 5.02 Å². The second-order valence-electron chi connectivity index (χ2n) is 4.84. The van der Waals surface area contributed by atoms with Gasteiger partial charge in [0.2, 0.25) is 0 Å². The molecule has 4 heteroatoms. The fourth-order valence-electron chi connectivity index (χ4n) is 2.23. The third-order valence-electron chi connectivity index (χ3n) is 3.35. The van der Waals surface area contributed by atoms with E-state index in [1.165, 1.54) is 10.9 Å². The number of benzene rings is 2. The van der Waals surface area contributed by atoms with Crippen molar-refractivity contribution < 1.29 is 0 Å². The van der Waals surface area contributed by atoms with Gasteiger partial charge in [-0.3, -0.25) is 4.98 Å². The van der Waals surface area contributed by atoms with E-state index in [1.54, 1.807) is 0 Å². The van der Waals surface area contributed by atoms with Gasteiger partial charge in [-0.1, -0.05) is 57.9 Å². The van der Waals surface area contributed by atoms with Gasteiger partial charge in [0.05, 0.1) is 10.5 Å². The predicted octanol–water partition coefficient (Wildman–Crippen LogP) is 6.33. The van der Waals surface area contributed by atoms with Crippen LogP contribution in [0.4, 0.5) is 0 Å². The first kappa shape index (κ1) is 15.0. The SMILES string of the molecule is Clc1ccc(C(Br)Cc2ccc3ccccc3n2)cc1Br. The second kappa shape index (κ2) is 6.47. The van der Waals surface area contributed by atoms with E-state index >= 15 is 0 Å². The summed E-state index contributed by atoms with van der Waals surface area (Å²) in [5, 5.41) is 1.89. The van der Waals surface area contributed by atoms with Crippen molar-refractivity contribution in [2.75, 3.05) is 0 Å². The summed E-state index contributed by atoms with van der Waals surface area (Å²) in [7, 11) is 0. The number of halogens is 3. The lowest BCUT2D eigenvalue weighted by Crippen LogP contribution is -1.98. The van der Waals surface area contributed by atoms with Crippen molar-refractivity contribution in [2.24, 2.45) is 0 Å². The van der Waals surface area contributed by atoms with E-state index in [0.29, 0.717) is 0 Å². The summed E-state index contributed by atoms with van der Waals surface area (Å²) in [6, 6.07) is 18.4. The zero-order valence-corrected chi connectivity index (χ0v) is 15.0. The normalized spacial score (nSPS) is 12.5. The highest BCUT2D eigenvalue weighted by Crippen LogP contribution is 2.32. The minimum atomic E-state index is 0.208. The van der Waals surface area contributed by atoms with E-state index in [2.05, 4.69) is 50.1 Å². The molecule has 2 aromatic carbocycles. The van der Waals surface area contributed by atoms with Crippen LogP contribution >= 0.6 is 43.5 Å². The zero-order valence-electron chi connectivity index (χ0n) is 11.1. The minimum absolute atomic E-state index is 0.208. The Kier molecular flexibility index (Phi) is 4.63. The molecular formula is C17H12Br2ClN. The molecule has 0 fully saturated rings. The molecule has 3 rings (SSSR count). The maximum Gasteiger partial charge on any atom is 0.0705 e. The predicted molar refractivity (Wildman–Crippen MR) is 96.3 cm³/mol. The largest absolute Gasteiger partial charge is 0.253 e. The molecule has 0 amide bonds. The Hall–Kier alpha value is -0.900. The Balaban J connectivity index is 1.85. The molecule has 1 nitrogen and oxygen atoms in total. The zero-order chi connectivity index (χ0) is 14.8. The third kappa shape index (κ3) is 3.47. The van der Waals surface area contributed by atoms with Crippen LogP contribution in [0.15, 0.2) is 59.1 Å². The van der Waals surface area contributed by atoms with Gasteiger partial charge in [0, 0.05) is 26.8 Å². The van der Waals surface area contributed by atoms with Crippen LogP contribution in [0.1, 0.15) is 16.1 Å². The van der Waals surface area contributed by atoms with Crippen LogP contribution in [-0.2, 0) is 6.42 Å². The summed E-state index contributed by atoms with van der Waals surface area (Å²) in [5.74, 6) is 0. The highest BCUT2D eigenvalue weighted by Gasteiger charge is 2.11. The van der Waals surface area contributed by atoms with Crippen molar-refractivity contribution in [2.45, 2.75) is 11.2 Å². The molecule has 0 spiro atoms. The lowest BCUT2D eigenvalue weighted by atomic mass is 10.1. The summed E-state index contributed by atoms with van der Waals surface area (Å²) in [6.07, 6.45) is 0.832. The summed E-state index contributed by atoms with van der Waals surface area (Å²) in [4.78, 5) is 4.92. The molecule has 3 aromatic rings. The van der Waals surface area contributed by atoms with Crippen LogP contribution in [0.5, 0.6) is 0 Å². The Labute approximate surface area is 145 Å². The van der Waals surface area contributed by atoms with Crippen LogP contribution in [0.3, 0.4) is 0 Å². The van der Waals surface area contributed by atoms with Gasteiger partial charge >= 0.3 is 0 Å². The quantitative estimate of drug-likeness (QED) is 0.447. The molecule has 0 saturated heterocycles. The molecule has 0 aliphatic heterocycles. The molecule has 0 bridgehead atoms. The summed E-state index contributed by atoms with van der Waals surface area (Å²) >= 11 is 13.2. The van der Waals surface area contributed by atoms with Crippen molar-refractivity contribution in [1.29, 1.82) is 0 Å². The van der Waals surface area contributed by atoms with Gasteiger partial charge in [0.25, 0.3) is 0 Å². The number of fused-ring (bicyclic) bond motifs is 1. The van der Waals surface area contributed by atoms with Crippen molar-refractivity contribution in [3.63, 3.8) is 0 Å². The first-order chi connectivity index (χ1) is 10.1. The molecule has 1 heterocycles. The smallest absolute Gasteiger partial charge is 0.0705 e. The third-order valence-corrected chi connectivity index (χ3v) is 5.42.